The van der Waals surface area contributed by atoms with Crippen LogP contribution in [0.5, 0.6) is 0 Å². The van der Waals surface area contributed by atoms with Gasteiger partial charge in [-0.15, -0.1) is 0 Å². The zero-order chi connectivity index (χ0) is 17.2. The van der Waals surface area contributed by atoms with Gasteiger partial charge in [-0.2, -0.15) is 0 Å². The van der Waals surface area contributed by atoms with Crippen molar-refractivity contribution in [2.75, 3.05) is 32.7 Å². The summed E-state index contributed by atoms with van der Waals surface area (Å²) in [5.41, 5.74) is 2.58. The molecule has 24 heavy (non-hydrogen) atoms. The van der Waals surface area contributed by atoms with E-state index in [0.29, 0.717) is 6.54 Å². The van der Waals surface area contributed by atoms with E-state index < -0.39 is 0 Å². The lowest BCUT2D eigenvalue weighted by atomic mass is 10.1. The highest BCUT2D eigenvalue weighted by Gasteiger charge is 2.27. The molecule has 2 amide bonds. The Balaban J connectivity index is 1.47. The van der Waals surface area contributed by atoms with Crippen LogP contribution in [-0.4, -0.2) is 59.1 Å². The molecule has 0 atom stereocenters. The molecule has 1 aliphatic rings. The minimum Gasteiger partial charge on any atom is -0.361 e. The van der Waals surface area contributed by atoms with E-state index in [1.54, 1.807) is 0 Å². The van der Waals surface area contributed by atoms with E-state index in [0.717, 1.165) is 38.1 Å². The Morgan fingerprint density at radius 3 is 2.58 bits per heavy atom. The Morgan fingerprint density at radius 2 is 1.88 bits per heavy atom. The zero-order valence-electron chi connectivity index (χ0n) is 14.9. The summed E-state index contributed by atoms with van der Waals surface area (Å²) in [5.74, 6) is 0. The van der Waals surface area contributed by atoms with Gasteiger partial charge in [-0.1, -0.05) is 18.2 Å². The van der Waals surface area contributed by atoms with Crippen molar-refractivity contribution in [3.8, 4) is 0 Å². The Morgan fingerprint density at radius 1 is 1.17 bits per heavy atom. The van der Waals surface area contributed by atoms with Crippen molar-refractivity contribution in [1.29, 1.82) is 0 Å². The Hall–Kier alpha value is -2.01. The molecule has 0 radical (unpaired) electrons. The number of nitrogens with zero attached hydrogens (tertiary/aromatic N) is 2. The van der Waals surface area contributed by atoms with Crippen molar-refractivity contribution >= 4 is 16.9 Å². The van der Waals surface area contributed by atoms with E-state index in [2.05, 4.69) is 48.1 Å². The molecule has 1 aromatic heterocycles. The van der Waals surface area contributed by atoms with Crippen LogP contribution in [0, 0.1) is 0 Å². The molecule has 3 rings (SSSR count). The van der Waals surface area contributed by atoms with Gasteiger partial charge in [0.15, 0.2) is 0 Å². The number of amides is 2. The van der Waals surface area contributed by atoms with Crippen molar-refractivity contribution in [1.82, 2.24) is 20.1 Å². The fourth-order valence-electron chi connectivity index (χ4n) is 3.33. The number of hydrogen-bond donors (Lipinski definition) is 2. The van der Waals surface area contributed by atoms with Crippen molar-refractivity contribution < 1.29 is 4.79 Å². The summed E-state index contributed by atoms with van der Waals surface area (Å²) < 4.78 is 0. The van der Waals surface area contributed by atoms with Crippen LogP contribution in [-0.2, 0) is 6.42 Å². The minimum absolute atomic E-state index is 0.0587. The highest BCUT2D eigenvalue weighted by molar-refractivity contribution is 5.83. The van der Waals surface area contributed by atoms with E-state index in [4.69, 9.17) is 0 Å². The van der Waals surface area contributed by atoms with Gasteiger partial charge >= 0.3 is 6.03 Å². The largest absolute Gasteiger partial charge is 0.361 e. The van der Waals surface area contributed by atoms with Crippen molar-refractivity contribution in [2.24, 2.45) is 0 Å². The summed E-state index contributed by atoms with van der Waals surface area (Å²) in [6.45, 7) is 10.8. The third-order valence-corrected chi connectivity index (χ3v) is 4.86. The maximum atomic E-state index is 12.3. The molecule has 2 aromatic rings. The molecule has 0 aliphatic carbocycles. The number of nitrogens with one attached hydrogen (secondary N) is 2. The topological polar surface area (TPSA) is 51.4 Å². The normalized spacial score (nSPS) is 16.5. The molecule has 5 nitrogen and oxygen atoms in total. The first-order valence-corrected chi connectivity index (χ1v) is 8.78. The van der Waals surface area contributed by atoms with E-state index in [-0.39, 0.29) is 11.6 Å². The van der Waals surface area contributed by atoms with Gasteiger partial charge in [0.1, 0.15) is 0 Å². The second-order valence-corrected chi connectivity index (χ2v) is 7.49. The molecule has 5 heteroatoms. The third-order valence-electron chi connectivity index (χ3n) is 4.86. The average Bonchev–Trinajstić information content (AvgIpc) is 2.97. The zero-order valence-corrected chi connectivity index (χ0v) is 14.9. The van der Waals surface area contributed by atoms with Crippen LogP contribution in [0.1, 0.15) is 26.3 Å². The lowest BCUT2D eigenvalue weighted by molar-refractivity contribution is 0.0744. The molecule has 0 bridgehead atoms. The molecular weight excluding hydrogens is 300 g/mol. The predicted molar refractivity (Wildman–Crippen MR) is 98.3 cm³/mol. The molecule has 0 unspecified atom stereocenters. The van der Waals surface area contributed by atoms with Gasteiger partial charge in [0.2, 0.25) is 0 Å². The number of aromatic amines is 1. The summed E-state index contributed by atoms with van der Waals surface area (Å²) in [4.78, 5) is 20.0. The number of hydrogen-bond acceptors (Lipinski definition) is 2. The number of rotatable bonds is 3. The molecule has 1 fully saturated rings. The van der Waals surface area contributed by atoms with Gasteiger partial charge in [-0.05, 0) is 38.8 Å². The highest BCUT2D eigenvalue weighted by atomic mass is 16.2. The van der Waals surface area contributed by atoms with Crippen LogP contribution in [0.25, 0.3) is 10.9 Å². The molecular formula is C19H28N4O. The van der Waals surface area contributed by atoms with E-state index in [1.165, 1.54) is 10.9 Å². The molecule has 0 saturated carbocycles. The molecule has 1 saturated heterocycles. The van der Waals surface area contributed by atoms with Gasteiger partial charge in [-0.25, -0.2) is 4.79 Å². The third kappa shape index (κ3) is 3.73. The van der Waals surface area contributed by atoms with Crippen LogP contribution >= 0.6 is 0 Å². The van der Waals surface area contributed by atoms with Crippen molar-refractivity contribution in [2.45, 2.75) is 32.7 Å². The minimum atomic E-state index is 0.0587. The second kappa shape index (κ2) is 6.85. The van der Waals surface area contributed by atoms with Crippen molar-refractivity contribution in [3.05, 3.63) is 36.0 Å². The van der Waals surface area contributed by atoms with Crippen LogP contribution in [0.2, 0.25) is 0 Å². The first kappa shape index (κ1) is 16.8. The lowest BCUT2D eigenvalue weighted by Gasteiger charge is -2.42. The molecule has 2 heterocycles. The fourth-order valence-corrected chi connectivity index (χ4v) is 3.33. The number of carbonyl (C=O) groups is 1. The lowest BCUT2D eigenvalue weighted by Crippen LogP contribution is -2.56. The Kier molecular flexibility index (Phi) is 4.81. The number of para-hydroxylation sites is 1. The molecule has 130 valence electrons. The molecule has 1 aromatic carbocycles. The highest BCUT2D eigenvalue weighted by Crippen LogP contribution is 2.18. The quantitative estimate of drug-likeness (QED) is 0.910. The maximum Gasteiger partial charge on any atom is 0.317 e. The fraction of sp³-hybridized carbons (Fsp3) is 0.526. The summed E-state index contributed by atoms with van der Waals surface area (Å²) in [7, 11) is 0. The van der Waals surface area contributed by atoms with Crippen molar-refractivity contribution in [3.63, 3.8) is 0 Å². The average molecular weight is 328 g/mol. The first-order chi connectivity index (χ1) is 11.4. The summed E-state index contributed by atoms with van der Waals surface area (Å²) in [6, 6.07) is 8.33. The molecule has 2 N–H and O–H groups in total. The standard InChI is InChI=1S/C19H28N4O/c1-19(2,3)23-12-10-22(11-13-23)18(24)20-9-8-15-14-21-17-7-5-4-6-16(15)17/h4-7,14,21H,8-13H2,1-3H3,(H,20,24). The first-order valence-electron chi connectivity index (χ1n) is 8.78. The number of piperazine rings is 1. The molecule has 1 aliphatic heterocycles. The Labute approximate surface area is 144 Å². The van der Waals surface area contributed by atoms with Crippen LogP contribution < -0.4 is 5.32 Å². The number of carbonyl (C=O) groups excluding carboxylic acids is 1. The SMILES string of the molecule is CC(C)(C)N1CCN(C(=O)NCCc2c[nH]c3ccccc23)CC1. The van der Waals surface area contributed by atoms with Crippen LogP contribution in [0.4, 0.5) is 4.79 Å². The van der Waals surface area contributed by atoms with Crippen LogP contribution in [0.3, 0.4) is 0 Å². The number of benzene rings is 1. The summed E-state index contributed by atoms with van der Waals surface area (Å²) in [5, 5.41) is 4.30. The number of H-pyrrole nitrogens is 1. The van der Waals surface area contributed by atoms with Gasteiger partial charge < -0.3 is 15.2 Å². The smallest absolute Gasteiger partial charge is 0.317 e. The van der Waals surface area contributed by atoms with E-state index in [1.807, 2.05) is 23.2 Å². The van der Waals surface area contributed by atoms with E-state index >= 15 is 0 Å². The number of urea groups is 1. The monoisotopic (exact) mass is 328 g/mol. The summed E-state index contributed by atoms with van der Waals surface area (Å²) >= 11 is 0. The maximum absolute atomic E-state index is 12.3. The summed E-state index contributed by atoms with van der Waals surface area (Å²) in [6.07, 6.45) is 2.89. The van der Waals surface area contributed by atoms with Gasteiger partial charge in [0, 0.05) is 55.4 Å². The van der Waals surface area contributed by atoms with Crippen LogP contribution in [0.15, 0.2) is 30.5 Å². The van der Waals surface area contributed by atoms with Gasteiger partial charge in [0.05, 0.1) is 0 Å². The van der Waals surface area contributed by atoms with Gasteiger partial charge in [-0.3, -0.25) is 4.90 Å². The predicted octanol–water partition coefficient (Wildman–Crippen LogP) is 2.84. The number of aromatic nitrogens is 1. The Bertz CT molecular complexity index is 693. The second-order valence-electron chi connectivity index (χ2n) is 7.49. The molecule has 0 spiro atoms. The van der Waals surface area contributed by atoms with E-state index in [9.17, 15) is 4.79 Å². The number of fused-ring (bicyclic) bond motifs is 1. The van der Waals surface area contributed by atoms with Gasteiger partial charge in [0.25, 0.3) is 0 Å².